The highest BCUT2D eigenvalue weighted by Gasteiger charge is 2.34. The molecule has 2 N–H and O–H groups in total. The van der Waals surface area contributed by atoms with Crippen LogP contribution in [0.4, 0.5) is 4.79 Å². The molecule has 0 aromatic carbocycles. The number of ether oxygens (including phenoxy) is 1. The van der Waals surface area contributed by atoms with Gasteiger partial charge >= 0.3 is 6.09 Å². The first-order chi connectivity index (χ1) is 6.83. The van der Waals surface area contributed by atoms with Gasteiger partial charge in [0.05, 0.1) is 0 Å². The smallest absolute Gasteiger partial charge is 0.410 e. The Morgan fingerprint density at radius 1 is 1.53 bits per heavy atom. The van der Waals surface area contributed by atoms with Crippen LogP contribution in [0.2, 0.25) is 0 Å². The number of nitrogens with zero attached hydrogens (tertiary/aromatic N) is 1. The number of hydrogen-bond acceptors (Lipinski definition) is 3. The van der Waals surface area contributed by atoms with E-state index in [4.69, 9.17) is 10.5 Å². The second-order valence-corrected chi connectivity index (χ2v) is 5.19. The maximum absolute atomic E-state index is 11.8. The number of nitrogens with two attached hydrogens (primary N) is 1. The highest BCUT2D eigenvalue weighted by molar-refractivity contribution is 5.69. The van der Waals surface area contributed by atoms with Crippen molar-refractivity contribution in [3.63, 3.8) is 0 Å². The molecule has 1 aliphatic rings. The lowest BCUT2D eigenvalue weighted by Crippen LogP contribution is -2.40. The number of carbonyl (C=O) groups excluding carboxylic acids is 1. The molecule has 0 aromatic heterocycles. The molecule has 0 aromatic rings. The van der Waals surface area contributed by atoms with Crippen LogP contribution in [0.25, 0.3) is 0 Å². The van der Waals surface area contributed by atoms with Gasteiger partial charge in [-0.05, 0) is 33.6 Å². The molecule has 1 rings (SSSR count). The lowest BCUT2D eigenvalue weighted by Gasteiger charge is -2.27. The molecule has 1 saturated heterocycles. The highest BCUT2D eigenvalue weighted by Crippen LogP contribution is 2.22. The van der Waals surface area contributed by atoms with Gasteiger partial charge in [0, 0.05) is 18.6 Å². The molecular formula is C11H22N2O2. The molecule has 1 unspecified atom stereocenters. The van der Waals surface area contributed by atoms with Gasteiger partial charge in [-0.1, -0.05) is 6.92 Å². The molecule has 0 radical (unpaired) electrons. The van der Waals surface area contributed by atoms with Crippen molar-refractivity contribution in [1.29, 1.82) is 0 Å². The fourth-order valence-corrected chi connectivity index (χ4v) is 1.88. The SMILES string of the molecule is CCC1C[C@H](N)CN1C(=O)OC(C)(C)C. The van der Waals surface area contributed by atoms with E-state index in [9.17, 15) is 4.79 Å². The summed E-state index contributed by atoms with van der Waals surface area (Å²) in [5, 5.41) is 0. The van der Waals surface area contributed by atoms with Crippen molar-refractivity contribution < 1.29 is 9.53 Å². The molecule has 1 fully saturated rings. The first-order valence-corrected chi connectivity index (χ1v) is 5.58. The maximum Gasteiger partial charge on any atom is 0.410 e. The molecule has 15 heavy (non-hydrogen) atoms. The van der Waals surface area contributed by atoms with Gasteiger partial charge in [-0.3, -0.25) is 0 Å². The molecule has 0 aliphatic carbocycles. The van der Waals surface area contributed by atoms with E-state index in [1.54, 1.807) is 4.90 Å². The minimum atomic E-state index is -0.429. The molecule has 4 nitrogen and oxygen atoms in total. The first kappa shape index (κ1) is 12.3. The van der Waals surface area contributed by atoms with Gasteiger partial charge in [-0.2, -0.15) is 0 Å². The summed E-state index contributed by atoms with van der Waals surface area (Å²) in [6.07, 6.45) is 1.59. The van der Waals surface area contributed by atoms with Gasteiger partial charge in [0.2, 0.25) is 0 Å². The minimum absolute atomic E-state index is 0.0995. The summed E-state index contributed by atoms with van der Waals surface area (Å²) in [7, 11) is 0. The molecule has 1 amide bonds. The van der Waals surface area contributed by atoms with E-state index in [0.717, 1.165) is 12.8 Å². The van der Waals surface area contributed by atoms with Crippen LogP contribution in [-0.2, 0) is 4.74 Å². The molecule has 1 heterocycles. The fourth-order valence-electron chi connectivity index (χ4n) is 1.88. The summed E-state index contributed by atoms with van der Waals surface area (Å²) >= 11 is 0. The van der Waals surface area contributed by atoms with Crippen molar-refractivity contribution in [3.8, 4) is 0 Å². The van der Waals surface area contributed by atoms with Crippen LogP contribution in [0, 0.1) is 0 Å². The Morgan fingerprint density at radius 3 is 2.60 bits per heavy atom. The zero-order valence-corrected chi connectivity index (χ0v) is 10.1. The number of rotatable bonds is 1. The average molecular weight is 214 g/mol. The third-order valence-corrected chi connectivity index (χ3v) is 2.55. The summed E-state index contributed by atoms with van der Waals surface area (Å²) in [6.45, 7) is 8.32. The molecule has 4 heteroatoms. The summed E-state index contributed by atoms with van der Waals surface area (Å²) in [5.41, 5.74) is 5.41. The summed E-state index contributed by atoms with van der Waals surface area (Å²) in [6, 6.07) is 0.345. The highest BCUT2D eigenvalue weighted by atomic mass is 16.6. The lowest BCUT2D eigenvalue weighted by molar-refractivity contribution is 0.0222. The summed E-state index contributed by atoms with van der Waals surface area (Å²) in [4.78, 5) is 13.6. The summed E-state index contributed by atoms with van der Waals surface area (Å²) < 4.78 is 5.33. The number of likely N-dealkylation sites (tertiary alicyclic amines) is 1. The monoisotopic (exact) mass is 214 g/mol. The molecule has 0 spiro atoms. The Kier molecular flexibility index (Phi) is 3.60. The third kappa shape index (κ3) is 3.38. The minimum Gasteiger partial charge on any atom is -0.444 e. The van der Waals surface area contributed by atoms with Crippen LogP contribution in [0.15, 0.2) is 0 Å². The molecule has 88 valence electrons. The Hall–Kier alpha value is -0.770. The number of carbonyl (C=O) groups is 1. The molecule has 0 bridgehead atoms. The second-order valence-electron chi connectivity index (χ2n) is 5.19. The zero-order chi connectivity index (χ0) is 11.6. The third-order valence-electron chi connectivity index (χ3n) is 2.55. The number of amides is 1. The van der Waals surface area contributed by atoms with Crippen LogP contribution in [0.1, 0.15) is 40.5 Å². The van der Waals surface area contributed by atoms with Crippen LogP contribution in [-0.4, -0.2) is 35.2 Å². The van der Waals surface area contributed by atoms with E-state index in [-0.39, 0.29) is 18.2 Å². The molecule has 2 atom stereocenters. The molecular weight excluding hydrogens is 192 g/mol. The molecule has 1 aliphatic heterocycles. The van der Waals surface area contributed by atoms with Gasteiger partial charge in [-0.15, -0.1) is 0 Å². The Bertz CT molecular complexity index is 235. The van der Waals surface area contributed by atoms with Crippen molar-refractivity contribution in [2.24, 2.45) is 5.73 Å². The van der Waals surface area contributed by atoms with Crippen molar-refractivity contribution >= 4 is 6.09 Å². The van der Waals surface area contributed by atoms with E-state index in [2.05, 4.69) is 6.92 Å². The standard InChI is InChI=1S/C11H22N2O2/c1-5-9-6-8(12)7-13(9)10(14)15-11(2,3)4/h8-9H,5-7,12H2,1-4H3/t8-,9?/m0/s1. The van der Waals surface area contributed by atoms with E-state index in [0.29, 0.717) is 6.54 Å². The molecule has 0 saturated carbocycles. The quantitative estimate of drug-likeness (QED) is 0.723. The Morgan fingerprint density at radius 2 is 2.13 bits per heavy atom. The average Bonchev–Trinajstić information content (AvgIpc) is 2.43. The largest absolute Gasteiger partial charge is 0.444 e. The topological polar surface area (TPSA) is 55.6 Å². The second kappa shape index (κ2) is 4.39. The Labute approximate surface area is 91.8 Å². The van der Waals surface area contributed by atoms with Gasteiger partial charge < -0.3 is 15.4 Å². The number of hydrogen-bond donors (Lipinski definition) is 1. The van der Waals surface area contributed by atoms with Crippen molar-refractivity contribution in [3.05, 3.63) is 0 Å². The van der Waals surface area contributed by atoms with Crippen LogP contribution < -0.4 is 5.73 Å². The van der Waals surface area contributed by atoms with E-state index in [1.165, 1.54) is 0 Å². The van der Waals surface area contributed by atoms with E-state index in [1.807, 2.05) is 20.8 Å². The van der Waals surface area contributed by atoms with Crippen molar-refractivity contribution in [2.75, 3.05) is 6.54 Å². The van der Waals surface area contributed by atoms with Crippen molar-refractivity contribution in [2.45, 2.75) is 58.2 Å². The van der Waals surface area contributed by atoms with Crippen LogP contribution in [0.3, 0.4) is 0 Å². The maximum atomic E-state index is 11.8. The van der Waals surface area contributed by atoms with E-state index >= 15 is 0 Å². The predicted molar refractivity (Wildman–Crippen MR) is 59.6 cm³/mol. The van der Waals surface area contributed by atoms with Gasteiger partial charge in [0.1, 0.15) is 5.60 Å². The van der Waals surface area contributed by atoms with Gasteiger partial charge in [-0.25, -0.2) is 4.79 Å². The first-order valence-electron chi connectivity index (χ1n) is 5.58. The van der Waals surface area contributed by atoms with Gasteiger partial charge in [0.25, 0.3) is 0 Å². The zero-order valence-electron chi connectivity index (χ0n) is 10.1. The normalized spacial score (nSPS) is 26.9. The van der Waals surface area contributed by atoms with E-state index < -0.39 is 5.60 Å². The predicted octanol–water partition coefficient (Wildman–Crippen LogP) is 1.73. The van der Waals surface area contributed by atoms with Gasteiger partial charge in [0.15, 0.2) is 0 Å². The van der Waals surface area contributed by atoms with Crippen molar-refractivity contribution in [1.82, 2.24) is 4.90 Å². The van der Waals surface area contributed by atoms with Crippen LogP contribution >= 0.6 is 0 Å². The fraction of sp³-hybridized carbons (Fsp3) is 0.909. The summed E-state index contributed by atoms with van der Waals surface area (Å²) in [5.74, 6) is 0. The van der Waals surface area contributed by atoms with Crippen LogP contribution in [0.5, 0.6) is 0 Å². The lowest BCUT2D eigenvalue weighted by atomic mass is 10.1. The Balaban J connectivity index is 2.59.